The van der Waals surface area contributed by atoms with Crippen molar-refractivity contribution in [3.63, 3.8) is 0 Å². The maximum absolute atomic E-state index is 5.64. The number of ether oxygens (including phenoxy) is 1. The Morgan fingerprint density at radius 2 is 2.17 bits per heavy atom. The Hall–Kier alpha value is -1.61. The van der Waals surface area contributed by atoms with E-state index in [0.717, 1.165) is 23.5 Å². The van der Waals surface area contributed by atoms with Gasteiger partial charge in [0.15, 0.2) is 0 Å². The molecule has 1 aliphatic carbocycles. The second-order valence-electron chi connectivity index (χ2n) is 4.73. The Morgan fingerprint density at radius 1 is 1.33 bits per heavy atom. The number of benzene rings is 1. The van der Waals surface area contributed by atoms with Gasteiger partial charge in [0.1, 0.15) is 0 Å². The van der Waals surface area contributed by atoms with Gasteiger partial charge in [-0.25, -0.2) is 4.98 Å². The lowest BCUT2D eigenvalue weighted by Gasteiger charge is -2.10. The highest BCUT2D eigenvalue weighted by atomic mass is 16.5. The van der Waals surface area contributed by atoms with Crippen LogP contribution in [0.2, 0.25) is 0 Å². The molecule has 94 valence electrons. The predicted molar refractivity (Wildman–Crippen MR) is 72.8 cm³/mol. The van der Waals surface area contributed by atoms with E-state index in [4.69, 9.17) is 4.74 Å². The van der Waals surface area contributed by atoms with E-state index in [-0.39, 0.29) is 0 Å². The number of nitrogens with zero attached hydrogens (tertiary/aromatic N) is 1. The standard InChI is InChI=1S/C15H18N2O/c1-2-18-15-14-6-4-3-5-11(14)9-13(17-15)10-16-12-7-8-12/h3-6,9,12,16H,2,7-8,10H2,1H3. The molecule has 2 aromatic rings. The number of rotatable bonds is 5. The van der Waals surface area contributed by atoms with Gasteiger partial charge in [-0.15, -0.1) is 0 Å². The molecule has 0 saturated heterocycles. The molecule has 3 heteroatoms. The SMILES string of the molecule is CCOc1nc(CNC2CC2)cc2ccccc12. The molecule has 1 saturated carbocycles. The van der Waals surface area contributed by atoms with Gasteiger partial charge in [-0.05, 0) is 37.3 Å². The van der Waals surface area contributed by atoms with Crippen molar-refractivity contribution in [1.82, 2.24) is 10.3 Å². The zero-order valence-electron chi connectivity index (χ0n) is 10.6. The molecule has 1 heterocycles. The van der Waals surface area contributed by atoms with E-state index in [1.54, 1.807) is 0 Å². The Balaban J connectivity index is 1.93. The molecule has 18 heavy (non-hydrogen) atoms. The molecule has 0 radical (unpaired) electrons. The zero-order chi connectivity index (χ0) is 12.4. The number of fused-ring (bicyclic) bond motifs is 1. The van der Waals surface area contributed by atoms with E-state index >= 15 is 0 Å². The highest BCUT2D eigenvalue weighted by Gasteiger charge is 2.20. The fourth-order valence-corrected chi connectivity index (χ4v) is 2.09. The predicted octanol–water partition coefficient (Wildman–Crippen LogP) is 2.89. The molecule has 3 rings (SSSR count). The van der Waals surface area contributed by atoms with E-state index in [1.807, 2.05) is 13.0 Å². The van der Waals surface area contributed by atoms with Gasteiger partial charge in [0.05, 0.1) is 12.3 Å². The molecule has 1 aromatic heterocycles. The minimum atomic E-state index is 0.649. The normalized spacial score (nSPS) is 14.9. The van der Waals surface area contributed by atoms with E-state index in [0.29, 0.717) is 12.6 Å². The molecule has 1 aromatic carbocycles. The second kappa shape index (κ2) is 4.94. The number of pyridine rings is 1. The molecular weight excluding hydrogens is 224 g/mol. The summed E-state index contributed by atoms with van der Waals surface area (Å²) in [4.78, 5) is 4.61. The molecule has 0 spiro atoms. The van der Waals surface area contributed by atoms with Gasteiger partial charge in [-0.3, -0.25) is 0 Å². The Bertz CT molecular complexity index is 549. The summed E-state index contributed by atoms with van der Waals surface area (Å²) in [6, 6.07) is 11.1. The molecule has 0 aliphatic heterocycles. The van der Waals surface area contributed by atoms with Crippen molar-refractivity contribution >= 4 is 10.8 Å². The van der Waals surface area contributed by atoms with Gasteiger partial charge in [0, 0.05) is 18.0 Å². The number of hydrogen-bond donors (Lipinski definition) is 1. The van der Waals surface area contributed by atoms with Crippen LogP contribution in [0.5, 0.6) is 5.88 Å². The van der Waals surface area contributed by atoms with Crippen LogP contribution in [0.3, 0.4) is 0 Å². The average molecular weight is 242 g/mol. The maximum Gasteiger partial charge on any atom is 0.221 e. The van der Waals surface area contributed by atoms with Gasteiger partial charge in [0.25, 0.3) is 0 Å². The van der Waals surface area contributed by atoms with E-state index in [1.165, 1.54) is 18.2 Å². The third-order valence-corrected chi connectivity index (χ3v) is 3.19. The van der Waals surface area contributed by atoms with Crippen molar-refractivity contribution in [2.75, 3.05) is 6.61 Å². The lowest BCUT2D eigenvalue weighted by atomic mass is 10.1. The summed E-state index contributed by atoms with van der Waals surface area (Å²) in [5.74, 6) is 0.753. The fraction of sp³-hybridized carbons (Fsp3) is 0.400. The first kappa shape index (κ1) is 11.5. The molecule has 1 aliphatic rings. The maximum atomic E-state index is 5.64. The Morgan fingerprint density at radius 3 is 2.94 bits per heavy atom. The quantitative estimate of drug-likeness (QED) is 0.875. The molecule has 0 atom stereocenters. The van der Waals surface area contributed by atoms with E-state index in [2.05, 4.69) is 34.6 Å². The minimum Gasteiger partial charge on any atom is -0.478 e. The topological polar surface area (TPSA) is 34.1 Å². The van der Waals surface area contributed by atoms with Crippen LogP contribution in [-0.4, -0.2) is 17.6 Å². The smallest absolute Gasteiger partial charge is 0.221 e. The first-order chi connectivity index (χ1) is 8.86. The van der Waals surface area contributed by atoms with Crippen molar-refractivity contribution in [2.24, 2.45) is 0 Å². The Labute approximate surface area is 107 Å². The van der Waals surface area contributed by atoms with Crippen LogP contribution in [0.4, 0.5) is 0 Å². The summed E-state index contributed by atoms with van der Waals surface area (Å²) in [5.41, 5.74) is 1.06. The van der Waals surface area contributed by atoms with Crippen molar-refractivity contribution in [3.05, 3.63) is 36.0 Å². The van der Waals surface area contributed by atoms with E-state index in [9.17, 15) is 0 Å². The fourth-order valence-electron chi connectivity index (χ4n) is 2.09. The lowest BCUT2D eigenvalue weighted by Crippen LogP contribution is -2.16. The summed E-state index contributed by atoms with van der Waals surface area (Å²) >= 11 is 0. The number of aromatic nitrogens is 1. The number of nitrogens with one attached hydrogen (secondary N) is 1. The minimum absolute atomic E-state index is 0.649. The molecule has 0 amide bonds. The van der Waals surface area contributed by atoms with Crippen LogP contribution in [0.1, 0.15) is 25.5 Å². The lowest BCUT2D eigenvalue weighted by molar-refractivity contribution is 0.330. The first-order valence-electron chi connectivity index (χ1n) is 6.61. The molecule has 0 bridgehead atoms. The van der Waals surface area contributed by atoms with Crippen molar-refractivity contribution < 1.29 is 4.74 Å². The van der Waals surface area contributed by atoms with Crippen LogP contribution in [0.25, 0.3) is 10.8 Å². The highest BCUT2D eigenvalue weighted by Crippen LogP contribution is 2.25. The van der Waals surface area contributed by atoms with Gasteiger partial charge < -0.3 is 10.1 Å². The second-order valence-corrected chi connectivity index (χ2v) is 4.73. The summed E-state index contributed by atoms with van der Waals surface area (Å²) in [5, 5.41) is 5.78. The van der Waals surface area contributed by atoms with Gasteiger partial charge >= 0.3 is 0 Å². The molecule has 1 fully saturated rings. The molecule has 1 N–H and O–H groups in total. The zero-order valence-corrected chi connectivity index (χ0v) is 10.6. The van der Waals surface area contributed by atoms with Crippen molar-refractivity contribution in [3.8, 4) is 5.88 Å². The number of hydrogen-bond acceptors (Lipinski definition) is 3. The highest BCUT2D eigenvalue weighted by molar-refractivity contribution is 5.87. The van der Waals surface area contributed by atoms with Crippen molar-refractivity contribution in [2.45, 2.75) is 32.4 Å². The van der Waals surface area contributed by atoms with Gasteiger partial charge in [0.2, 0.25) is 5.88 Å². The Kier molecular flexibility index (Phi) is 3.15. The van der Waals surface area contributed by atoms with Crippen LogP contribution < -0.4 is 10.1 Å². The van der Waals surface area contributed by atoms with E-state index < -0.39 is 0 Å². The van der Waals surface area contributed by atoms with Crippen LogP contribution in [0, 0.1) is 0 Å². The first-order valence-corrected chi connectivity index (χ1v) is 6.61. The average Bonchev–Trinajstić information content (AvgIpc) is 3.21. The third-order valence-electron chi connectivity index (χ3n) is 3.19. The van der Waals surface area contributed by atoms with Gasteiger partial charge in [-0.2, -0.15) is 0 Å². The van der Waals surface area contributed by atoms with Gasteiger partial charge in [-0.1, -0.05) is 18.2 Å². The summed E-state index contributed by atoms with van der Waals surface area (Å²) in [6.45, 7) is 3.47. The molecule has 3 nitrogen and oxygen atoms in total. The molecular formula is C15H18N2O. The largest absolute Gasteiger partial charge is 0.478 e. The van der Waals surface area contributed by atoms with Crippen LogP contribution >= 0.6 is 0 Å². The van der Waals surface area contributed by atoms with Crippen LogP contribution in [-0.2, 0) is 6.54 Å². The third kappa shape index (κ3) is 2.46. The summed E-state index contributed by atoms with van der Waals surface area (Å²) in [6.07, 6.45) is 2.60. The summed E-state index contributed by atoms with van der Waals surface area (Å²) < 4.78 is 5.64. The monoisotopic (exact) mass is 242 g/mol. The van der Waals surface area contributed by atoms with Crippen molar-refractivity contribution in [1.29, 1.82) is 0 Å². The summed E-state index contributed by atoms with van der Waals surface area (Å²) in [7, 11) is 0. The van der Waals surface area contributed by atoms with Crippen LogP contribution in [0.15, 0.2) is 30.3 Å². The molecule has 0 unspecified atom stereocenters.